The summed E-state index contributed by atoms with van der Waals surface area (Å²) in [5.41, 5.74) is 3.70. The third-order valence-electron chi connectivity index (χ3n) is 4.84. The van der Waals surface area contributed by atoms with Crippen LogP contribution in [0, 0.1) is 18.6 Å². The maximum Gasteiger partial charge on any atom is 0.324 e. The highest BCUT2D eigenvalue weighted by atomic mass is 19.1. The highest BCUT2D eigenvalue weighted by molar-refractivity contribution is 5.94. The van der Waals surface area contributed by atoms with Crippen LogP contribution in [-0.4, -0.2) is 34.2 Å². The Kier molecular flexibility index (Phi) is 4.35. The van der Waals surface area contributed by atoms with Gasteiger partial charge in [0, 0.05) is 36.1 Å². The molecule has 7 heteroatoms. The number of hydrogen-bond donors (Lipinski definition) is 1. The Bertz CT molecular complexity index is 967. The lowest BCUT2D eigenvalue weighted by atomic mass is 10.0. The quantitative estimate of drug-likeness (QED) is 0.754. The van der Waals surface area contributed by atoms with Gasteiger partial charge in [0.05, 0.1) is 12.7 Å². The average molecular weight is 368 g/mol. The third kappa shape index (κ3) is 3.16. The van der Waals surface area contributed by atoms with E-state index in [-0.39, 0.29) is 18.1 Å². The Morgan fingerprint density at radius 1 is 1.15 bits per heavy atom. The fourth-order valence-electron chi connectivity index (χ4n) is 3.38. The number of hydrogen-bond acceptors (Lipinski definition) is 2. The van der Waals surface area contributed by atoms with Crippen molar-refractivity contribution in [2.24, 2.45) is 0 Å². The number of aromatic nitrogens is 2. The molecular weight excluding hydrogens is 350 g/mol. The Morgan fingerprint density at radius 3 is 2.59 bits per heavy atom. The van der Waals surface area contributed by atoms with Crippen LogP contribution in [0.1, 0.15) is 11.1 Å². The Morgan fingerprint density at radius 2 is 1.93 bits per heavy atom. The van der Waals surface area contributed by atoms with E-state index in [0.29, 0.717) is 13.1 Å². The summed E-state index contributed by atoms with van der Waals surface area (Å²) in [7, 11) is 0. The van der Waals surface area contributed by atoms with Gasteiger partial charge in [0.25, 0.3) is 0 Å². The SMILES string of the molecule is Cc1cc(N2CCN(Cc3c(F)cccc3F)C2=O)ccc1-c1cn[nH]c1. The minimum absolute atomic E-state index is 0.0834. The van der Waals surface area contributed by atoms with Crippen molar-refractivity contribution in [3.63, 3.8) is 0 Å². The number of urea groups is 1. The lowest BCUT2D eigenvalue weighted by molar-refractivity contribution is 0.217. The number of aromatic amines is 1. The Balaban J connectivity index is 1.54. The largest absolute Gasteiger partial charge is 0.324 e. The van der Waals surface area contributed by atoms with Gasteiger partial charge in [-0.3, -0.25) is 10.00 Å². The van der Waals surface area contributed by atoms with E-state index in [1.165, 1.54) is 23.1 Å². The lowest BCUT2D eigenvalue weighted by Gasteiger charge is -2.20. The molecule has 5 nitrogen and oxygen atoms in total. The van der Waals surface area contributed by atoms with E-state index < -0.39 is 11.6 Å². The number of carbonyl (C=O) groups excluding carboxylic acids is 1. The molecule has 0 radical (unpaired) electrons. The van der Waals surface area contributed by atoms with Gasteiger partial charge < -0.3 is 4.90 Å². The first-order valence-electron chi connectivity index (χ1n) is 8.64. The van der Waals surface area contributed by atoms with E-state index in [4.69, 9.17) is 0 Å². The molecule has 0 aliphatic carbocycles. The highest BCUT2D eigenvalue weighted by Gasteiger charge is 2.31. The summed E-state index contributed by atoms with van der Waals surface area (Å²) < 4.78 is 27.8. The first kappa shape index (κ1) is 17.2. The predicted molar refractivity (Wildman–Crippen MR) is 98.3 cm³/mol. The van der Waals surface area contributed by atoms with Gasteiger partial charge >= 0.3 is 6.03 Å². The van der Waals surface area contributed by atoms with Crippen LogP contribution in [-0.2, 0) is 6.54 Å². The molecule has 4 rings (SSSR count). The van der Waals surface area contributed by atoms with Crippen molar-refractivity contribution >= 4 is 11.7 Å². The molecule has 1 saturated heterocycles. The number of nitrogens with zero attached hydrogens (tertiary/aromatic N) is 3. The molecule has 1 N–H and O–H groups in total. The molecule has 2 heterocycles. The topological polar surface area (TPSA) is 52.2 Å². The van der Waals surface area contributed by atoms with Gasteiger partial charge in [0.15, 0.2) is 0 Å². The van der Waals surface area contributed by atoms with Gasteiger partial charge in [0.1, 0.15) is 11.6 Å². The van der Waals surface area contributed by atoms with Crippen LogP contribution >= 0.6 is 0 Å². The van der Waals surface area contributed by atoms with Crippen LogP contribution in [0.2, 0.25) is 0 Å². The number of aryl methyl sites for hydroxylation is 1. The van der Waals surface area contributed by atoms with Gasteiger partial charge in [-0.15, -0.1) is 0 Å². The molecule has 0 unspecified atom stereocenters. The summed E-state index contributed by atoms with van der Waals surface area (Å²) in [6, 6.07) is 9.23. The maximum atomic E-state index is 13.9. The zero-order chi connectivity index (χ0) is 19.0. The number of anilines is 1. The third-order valence-corrected chi connectivity index (χ3v) is 4.84. The minimum Gasteiger partial charge on any atom is -0.318 e. The van der Waals surface area contributed by atoms with Crippen molar-refractivity contribution in [3.05, 3.63) is 71.6 Å². The second kappa shape index (κ2) is 6.83. The van der Waals surface area contributed by atoms with Gasteiger partial charge in [-0.2, -0.15) is 5.10 Å². The van der Waals surface area contributed by atoms with Gasteiger partial charge in [-0.05, 0) is 42.3 Å². The number of carbonyl (C=O) groups is 1. The van der Waals surface area contributed by atoms with E-state index in [0.717, 1.165) is 22.4 Å². The standard InChI is InChI=1S/C20H18F2N4O/c1-13-9-15(5-6-16(13)14-10-23-24-11-14)26-8-7-25(20(26)27)12-17-18(21)3-2-4-19(17)22/h2-6,9-11H,7-8,12H2,1H3,(H,23,24). The van der Waals surface area contributed by atoms with Crippen LogP contribution in [0.25, 0.3) is 11.1 Å². The molecule has 2 aromatic carbocycles. The summed E-state index contributed by atoms with van der Waals surface area (Å²) >= 11 is 0. The predicted octanol–water partition coefficient (Wildman–Crippen LogP) is 4.11. The normalized spacial score (nSPS) is 14.3. The van der Waals surface area contributed by atoms with Crippen LogP contribution in [0.4, 0.5) is 19.3 Å². The van der Waals surface area contributed by atoms with E-state index in [9.17, 15) is 13.6 Å². The molecule has 0 saturated carbocycles. The summed E-state index contributed by atoms with van der Waals surface area (Å²) in [6.45, 7) is 2.77. The van der Waals surface area contributed by atoms with Crippen LogP contribution in [0.3, 0.4) is 0 Å². The number of H-pyrrole nitrogens is 1. The zero-order valence-electron chi connectivity index (χ0n) is 14.7. The summed E-state index contributed by atoms with van der Waals surface area (Å²) in [5.74, 6) is -1.27. The van der Waals surface area contributed by atoms with E-state index in [1.54, 1.807) is 11.1 Å². The molecule has 2 amide bonds. The minimum atomic E-state index is -0.637. The highest BCUT2D eigenvalue weighted by Crippen LogP contribution is 2.29. The molecule has 1 aliphatic heterocycles. The van der Waals surface area contributed by atoms with E-state index >= 15 is 0 Å². The fraction of sp³-hybridized carbons (Fsp3) is 0.200. The van der Waals surface area contributed by atoms with Gasteiger partial charge in [-0.25, -0.2) is 13.6 Å². The zero-order valence-corrected chi connectivity index (χ0v) is 14.7. The number of nitrogens with one attached hydrogen (secondary N) is 1. The smallest absolute Gasteiger partial charge is 0.318 e. The fourth-order valence-corrected chi connectivity index (χ4v) is 3.38. The second-order valence-corrected chi connectivity index (χ2v) is 6.54. The lowest BCUT2D eigenvalue weighted by Crippen LogP contribution is -2.32. The summed E-state index contributed by atoms with van der Waals surface area (Å²) in [4.78, 5) is 15.8. The first-order valence-corrected chi connectivity index (χ1v) is 8.64. The number of benzene rings is 2. The van der Waals surface area contributed by atoms with Crippen molar-refractivity contribution in [1.29, 1.82) is 0 Å². The molecule has 1 fully saturated rings. The molecule has 138 valence electrons. The molecule has 1 aromatic heterocycles. The van der Waals surface area contributed by atoms with Gasteiger partial charge in [-0.1, -0.05) is 12.1 Å². The molecule has 0 bridgehead atoms. The van der Waals surface area contributed by atoms with Crippen molar-refractivity contribution in [2.75, 3.05) is 18.0 Å². The number of amides is 2. The molecule has 0 atom stereocenters. The molecule has 1 aliphatic rings. The molecular formula is C20H18F2N4O. The average Bonchev–Trinajstić information content (AvgIpc) is 3.29. The summed E-state index contributed by atoms with van der Waals surface area (Å²) in [5, 5.41) is 6.75. The first-order chi connectivity index (χ1) is 13.0. The summed E-state index contributed by atoms with van der Waals surface area (Å²) in [6.07, 6.45) is 3.56. The van der Waals surface area contributed by atoms with Gasteiger partial charge in [0.2, 0.25) is 0 Å². The molecule has 0 spiro atoms. The monoisotopic (exact) mass is 368 g/mol. The van der Waals surface area contributed by atoms with Crippen LogP contribution in [0.15, 0.2) is 48.8 Å². The molecule has 3 aromatic rings. The number of halogens is 2. The van der Waals surface area contributed by atoms with Crippen LogP contribution < -0.4 is 4.90 Å². The van der Waals surface area contributed by atoms with E-state index in [1.807, 2.05) is 31.3 Å². The van der Waals surface area contributed by atoms with E-state index in [2.05, 4.69) is 10.2 Å². The maximum absolute atomic E-state index is 13.9. The van der Waals surface area contributed by atoms with Crippen molar-refractivity contribution in [3.8, 4) is 11.1 Å². The molecule has 27 heavy (non-hydrogen) atoms. The number of rotatable bonds is 4. The van der Waals surface area contributed by atoms with Crippen molar-refractivity contribution in [1.82, 2.24) is 15.1 Å². The van der Waals surface area contributed by atoms with Crippen molar-refractivity contribution < 1.29 is 13.6 Å². The van der Waals surface area contributed by atoms with Crippen molar-refractivity contribution in [2.45, 2.75) is 13.5 Å². The van der Waals surface area contributed by atoms with Crippen LogP contribution in [0.5, 0.6) is 0 Å². The Labute approximate surface area is 155 Å². The Hall–Kier alpha value is -3.22. The second-order valence-electron chi connectivity index (χ2n) is 6.54.